The topological polar surface area (TPSA) is 33.6 Å². The first kappa shape index (κ1) is 12.8. The minimum atomic E-state index is 0.349. The monoisotopic (exact) mass is 230 g/mol. The average molecular weight is 230 g/mol. The Morgan fingerprint density at radius 3 is 2.80 bits per heavy atom. The van der Waals surface area contributed by atoms with Gasteiger partial charge < -0.3 is 10.1 Å². The van der Waals surface area contributed by atoms with Crippen LogP contribution in [0.25, 0.3) is 0 Å². The second-order valence-electron chi connectivity index (χ2n) is 4.26. The van der Waals surface area contributed by atoms with Gasteiger partial charge >= 0.3 is 0 Å². The van der Waals surface area contributed by atoms with E-state index in [2.05, 4.69) is 31.1 Å². The smallest absolute Gasteiger partial charge is 0.157 e. The second kappa shape index (κ2) is 6.38. The maximum absolute atomic E-state index is 5.35. The lowest BCUT2D eigenvalue weighted by Crippen LogP contribution is -2.33. The Morgan fingerprint density at radius 2 is 2.27 bits per heavy atom. The lowest BCUT2D eigenvalue weighted by molar-refractivity contribution is 0.133. The standard InChI is InChI=1S/C11H22N2OS/c1-5-14-6-9(4)12-11-13-10(7-15-11)8(2)3/h8-10H,5-7H2,1-4H3,(H,12,13). The molecule has 0 fully saturated rings. The third-order valence-corrected chi connectivity index (χ3v) is 3.39. The quantitative estimate of drug-likeness (QED) is 0.785. The molecule has 2 unspecified atom stereocenters. The van der Waals surface area contributed by atoms with Gasteiger partial charge in [-0.25, -0.2) is 0 Å². The molecule has 2 atom stereocenters. The van der Waals surface area contributed by atoms with Gasteiger partial charge in [-0.1, -0.05) is 25.6 Å². The first-order chi connectivity index (χ1) is 7.13. The zero-order chi connectivity index (χ0) is 11.3. The predicted octanol–water partition coefficient (Wildman–Crippen LogP) is 2.13. The number of ether oxygens (including phenoxy) is 1. The Bertz CT molecular complexity index is 219. The molecule has 1 N–H and O–H groups in total. The fourth-order valence-electron chi connectivity index (χ4n) is 1.36. The summed E-state index contributed by atoms with van der Waals surface area (Å²) in [5, 5.41) is 4.47. The molecule has 0 bridgehead atoms. The Hall–Kier alpha value is -0.220. The number of nitrogens with zero attached hydrogens (tertiary/aromatic N) is 1. The summed E-state index contributed by atoms with van der Waals surface area (Å²) in [7, 11) is 0. The van der Waals surface area contributed by atoms with Gasteiger partial charge in [0.2, 0.25) is 0 Å². The molecule has 0 aromatic carbocycles. The van der Waals surface area contributed by atoms with E-state index in [1.807, 2.05) is 18.7 Å². The molecule has 0 aliphatic carbocycles. The van der Waals surface area contributed by atoms with Gasteiger partial charge in [0.25, 0.3) is 0 Å². The summed E-state index contributed by atoms with van der Waals surface area (Å²) in [4.78, 5) is 4.65. The van der Waals surface area contributed by atoms with Gasteiger partial charge in [-0.2, -0.15) is 0 Å². The summed E-state index contributed by atoms with van der Waals surface area (Å²) in [6.07, 6.45) is 0. The van der Waals surface area contributed by atoms with Gasteiger partial charge in [0.15, 0.2) is 5.17 Å². The van der Waals surface area contributed by atoms with Gasteiger partial charge in [-0.15, -0.1) is 0 Å². The third kappa shape index (κ3) is 4.43. The van der Waals surface area contributed by atoms with E-state index < -0.39 is 0 Å². The van der Waals surface area contributed by atoms with Gasteiger partial charge in [-0.3, -0.25) is 4.99 Å². The van der Waals surface area contributed by atoms with Crippen molar-refractivity contribution >= 4 is 16.9 Å². The van der Waals surface area contributed by atoms with Crippen molar-refractivity contribution < 1.29 is 4.74 Å². The lowest BCUT2D eigenvalue weighted by Gasteiger charge is -2.13. The van der Waals surface area contributed by atoms with Gasteiger partial charge in [0.1, 0.15) is 0 Å². The van der Waals surface area contributed by atoms with E-state index >= 15 is 0 Å². The molecule has 3 nitrogen and oxygen atoms in total. The summed E-state index contributed by atoms with van der Waals surface area (Å²) in [6.45, 7) is 10.1. The number of rotatable bonds is 5. The van der Waals surface area contributed by atoms with Gasteiger partial charge in [-0.05, 0) is 19.8 Å². The Kier molecular flexibility index (Phi) is 5.47. The molecule has 0 saturated heterocycles. The minimum absolute atomic E-state index is 0.349. The van der Waals surface area contributed by atoms with Crippen LogP contribution in [0.5, 0.6) is 0 Å². The molecule has 88 valence electrons. The second-order valence-corrected chi connectivity index (χ2v) is 5.27. The molecule has 0 saturated carbocycles. The minimum Gasteiger partial charge on any atom is -0.380 e. The summed E-state index contributed by atoms with van der Waals surface area (Å²) in [5.41, 5.74) is 0. The zero-order valence-electron chi connectivity index (χ0n) is 10.1. The molecule has 0 aromatic heterocycles. The number of nitrogens with one attached hydrogen (secondary N) is 1. The number of hydrogen-bond donors (Lipinski definition) is 1. The molecule has 1 heterocycles. The highest BCUT2D eigenvalue weighted by Gasteiger charge is 2.21. The normalized spacial score (nSPS) is 23.0. The third-order valence-electron chi connectivity index (χ3n) is 2.39. The molecule has 0 radical (unpaired) electrons. The van der Waals surface area contributed by atoms with E-state index in [0.717, 1.165) is 24.1 Å². The van der Waals surface area contributed by atoms with Gasteiger partial charge in [0, 0.05) is 18.4 Å². The van der Waals surface area contributed by atoms with Crippen molar-refractivity contribution in [3.8, 4) is 0 Å². The fraction of sp³-hybridized carbons (Fsp3) is 0.909. The molecule has 0 spiro atoms. The first-order valence-electron chi connectivity index (χ1n) is 5.68. The van der Waals surface area contributed by atoms with Crippen LogP contribution in [0.1, 0.15) is 27.7 Å². The van der Waals surface area contributed by atoms with E-state index in [-0.39, 0.29) is 0 Å². The summed E-state index contributed by atoms with van der Waals surface area (Å²) in [5.74, 6) is 1.75. The molecule has 15 heavy (non-hydrogen) atoms. The molecule has 0 aromatic rings. The van der Waals surface area contributed by atoms with E-state index in [0.29, 0.717) is 18.0 Å². The van der Waals surface area contributed by atoms with E-state index in [1.54, 1.807) is 0 Å². The molecular formula is C11H22N2OS. The molecule has 1 aliphatic rings. The predicted molar refractivity (Wildman–Crippen MR) is 67.6 cm³/mol. The van der Waals surface area contributed by atoms with Crippen LogP contribution in [-0.4, -0.2) is 36.2 Å². The molecule has 4 heteroatoms. The fourth-order valence-corrected chi connectivity index (χ4v) is 2.64. The number of thioether (sulfide) groups is 1. The van der Waals surface area contributed by atoms with E-state index in [9.17, 15) is 0 Å². The summed E-state index contributed by atoms with van der Waals surface area (Å²) >= 11 is 1.82. The van der Waals surface area contributed by atoms with Crippen LogP contribution in [0.4, 0.5) is 0 Å². The molecular weight excluding hydrogens is 208 g/mol. The average Bonchev–Trinajstić information content (AvgIpc) is 2.63. The van der Waals surface area contributed by atoms with Crippen LogP contribution in [0.15, 0.2) is 4.99 Å². The van der Waals surface area contributed by atoms with Gasteiger partial charge in [0.05, 0.1) is 12.6 Å². The van der Waals surface area contributed by atoms with Crippen LogP contribution in [0.3, 0.4) is 0 Å². The molecule has 1 aliphatic heterocycles. The number of amidine groups is 1. The largest absolute Gasteiger partial charge is 0.380 e. The van der Waals surface area contributed by atoms with Crippen LogP contribution in [-0.2, 0) is 4.74 Å². The lowest BCUT2D eigenvalue weighted by atomic mass is 10.1. The molecule has 1 rings (SSSR count). The van der Waals surface area contributed by atoms with Crippen LogP contribution in [0.2, 0.25) is 0 Å². The van der Waals surface area contributed by atoms with E-state index in [4.69, 9.17) is 4.74 Å². The maximum atomic E-state index is 5.35. The van der Waals surface area contributed by atoms with Crippen molar-refractivity contribution in [2.75, 3.05) is 19.0 Å². The molecule has 0 amide bonds. The number of aliphatic imine (C=N–C) groups is 1. The van der Waals surface area contributed by atoms with Crippen molar-refractivity contribution in [3.63, 3.8) is 0 Å². The maximum Gasteiger partial charge on any atom is 0.157 e. The Labute approximate surface area is 97.1 Å². The van der Waals surface area contributed by atoms with Crippen LogP contribution >= 0.6 is 11.8 Å². The van der Waals surface area contributed by atoms with Crippen LogP contribution in [0, 0.1) is 5.92 Å². The van der Waals surface area contributed by atoms with Crippen molar-refractivity contribution in [1.82, 2.24) is 5.32 Å². The van der Waals surface area contributed by atoms with Crippen molar-refractivity contribution in [3.05, 3.63) is 0 Å². The highest BCUT2D eigenvalue weighted by molar-refractivity contribution is 8.14. The van der Waals surface area contributed by atoms with Crippen molar-refractivity contribution in [2.45, 2.75) is 39.8 Å². The Morgan fingerprint density at radius 1 is 1.53 bits per heavy atom. The SMILES string of the molecule is CCOCC(C)NC1=NC(C(C)C)CS1. The van der Waals surface area contributed by atoms with Crippen molar-refractivity contribution in [2.24, 2.45) is 10.9 Å². The van der Waals surface area contributed by atoms with Crippen molar-refractivity contribution in [1.29, 1.82) is 0 Å². The van der Waals surface area contributed by atoms with Crippen LogP contribution < -0.4 is 5.32 Å². The first-order valence-corrected chi connectivity index (χ1v) is 6.67. The highest BCUT2D eigenvalue weighted by Crippen LogP contribution is 2.22. The Balaban J connectivity index is 2.30. The number of hydrogen-bond acceptors (Lipinski definition) is 4. The summed E-state index contributed by atoms with van der Waals surface area (Å²) < 4.78 is 5.35. The highest BCUT2D eigenvalue weighted by atomic mass is 32.2. The van der Waals surface area contributed by atoms with E-state index in [1.165, 1.54) is 0 Å². The summed E-state index contributed by atoms with van der Waals surface area (Å²) in [6, 6.07) is 0.832. The zero-order valence-corrected chi connectivity index (χ0v) is 10.9.